The number of nitro benzene ring substituents is 1. The molecule has 1 aromatic heterocycles. The number of hydrogen-bond acceptors (Lipinski definition) is 5. The SMILES string of the molecule is Cc1ccccc1CC(C(=O)N/N=C/c1ccc(-c2ccc([N+](=O)[O-])cc2Br)o1)c1ccccc1. The largest absolute Gasteiger partial charge is 0.455 e. The van der Waals surface area contributed by atoms with Crippen molar-refractivity contribution in [1.29, 1.82) is 0 Å². The predicted octanol–water partition coefficient (Wildman–Crippen LogP) is 6.40. The summed E-state index contributed by atoms with van der Waals surface area (Å²) in [5.74, 6) is 0.320. The second kappa shape index (κ2) is 10.9. The number of nitro groups is 1. The van der Waals surface area contributed by atoms with Crippen molar-refractivity contribution in [3.63, 3.8) is 0 Å². The van der Waals surface area contributed by atoms with Gasteiger partial charge in [-0.1, -0.05) is 54.6 Å². The second-order valence-electron chi connectivity index (χ2n) is 7.95. The summed E-state index contributed by atoms with van der Waals surface area (Å²) < 4.78 is 6.33. The van der Waals surface area contributed by atoms with Gasteiger partial charge in [0.25, 0.3) is 5.69 Å². The van der Waals surface area contributed by atoms with Crippen molar-refractivity contribution in [2.75, 3.05) is 0 Å². The van der Waals surface area contributed by atoms with E-state index in [9.17, 15) is 14.9 Å². The number of carbonyl (C=O) groups excluding carboxylic acids is 1. The van der Waals surface area contributed by atoms with Crippen molar-refractivity contribution in [3.8, 4) is 11.3 Å². The van der Waals surface area contributed by atoms with Crippen molar-refractivity contribution >= 4 is 33.7 Å². The van der Waals surface area contributed by atoms with Crippen LogP contribution in [0.3, 0.4) is 0 Å². The summed E-state index contributed by atoms with van der Waals surface area (Å²) in [6.07, 6.45) is 1.98. The highest BCUT2D eigenvalue weighted by Gasteiger charge is 2.21. The van der Waals surface area contributed by atoms with Crippen LogP contribution in [0, 0.1) is 17.0 Å². The Hall–Kier alpha value is -4.04. The Morgan fingerprint density at radius 3 is 2.54 bits per heavy atom. The van der Waals surface area contributed by atoms with E-state index in [1.165, 1.54) is 18.3 Å². The smallest absolute Gasteiger partial charge is 0.270 e. The fraction of sp³-hybridized carbons (Fsp3) is 0.111. The minimum absolute atomic E-state index is 0.0182. The summed E-state index contributed by atoms with van der Waals surface area (Å²) in [4.78, 5) is 23.6. The molecule has 3 aromatic carbocycles. The van der Waals surface area contributed by atoms with Gasteiger partial charge in [0, 0.05) is 22.2 Å². The van der Waals surface area contributed by atoms with Crippen molar-refractivity contribution in [1.82, 2.24) is 5.43 Å². The molecule has 0 aliphatic rings. The van der Waals surface area contributed by atoms with Crippen LogP contribution in [0.4, 0.5) is 5.69 Å². The number of hydrazone groups is 1. The molecule has 4 rings (SSSR count). The molecule has 4 aromatic rings. The van der Waals surface area contributed by atoms with Crippen LogP contribution in [-0.2, 0) is 11.2 Å². The van der Waals surface area contributed by atoms with Gasteiger partial charge in [0.1, 0.15) is 11.5 Å². The van der Waals surface area contributed by atoms with Gasteiger partial charge >= 0.3 is 0 Å². The molecule has 8 heteroatoms. The maximum absolute atomic E-state index is 13.1. The first-order chi connectivity index (χ1) is 16.9. The Kier molecular flexibility index (Phi) is 7.52. The van der Waals surface area contributed by atoms with Crippen LogP contribution < -0.4 is 5.43 Å². The van der Waals surface area contributed by atoms with E-state index in [1.807, 2.05) is 61.5 Å². The van der Waals surface area contributed by atoms with E-state index in [2.05, 4.69) is 26.5 Å². The van der Waals surface area contributed by atoms with Gasteiger partial charge in [-0.3, -0.25) is 14.9 Å². The number of rotatable bonds is 8. The van der Waals surface area contributed by atoms with Crippen LogP contribution in [0.5, 0.6) is 0 Å². The van der Waals surface area contributed by atoms with E-state index in [0.29, 0.717) is 28.0 Å². The van der Waals surface area contributed by atoms with Crippen molar-refractivity contribution < 1.29 is 14.1 Å². The number of hydrogen-bond donors (Lipinski definition) is 1. The molecule has 0 aliphatic heterocycles. The van der Waals surface area contributed by atoms with Crippen molar-refractivity contribution in [3.05, 3.63) is 122 Å². The third-order valence-corrected chi connectivity index (χ3v) is 6.28. The molecule has 0 spiro atoms. The van der Waals surface area contributed by atoms with Crippen LogP contribution in [0.2, 0.25) is 0 Å². The Morgan fingerprint density at radius 1 is 1.09 bits per heavy atom. The molecule has 0 aliphatic carbocycles. The molecular weight excluding hydrogens is 510 g/mol. The van der Waals surface area contributed by atoms with Crippen LogP contribution in [-0.4, -0.2) is 17.0 Å². The maximum Gasteiger partial charge on any atom is 0.270 e. The van der Waals surface area contributed by atoms with Crippen molar-refractivity contribution in [2.45, 2.75) is 19.3 Å². The van der Waals surface area contributed by atoms with E-state index in [1.54, 1.807) is 18.2 Å². The third kappa shape index (κ3) is 5.91. The van der Waals surface area contributed by atoms with Gasteiger partial charge in [0.15, 0.2) is 0 Å². The summed E-state index contributed by atoms with van der Waals surface area (Å²) >= 11 is 3.35. The zero-order valence-electron chi connectivity index (χ0n) is 18.9. The molecule has 1 unspecified atom stereocenters. The normalized spacial score (nSPS) is 11.9. The van der Waals surface area contributed by atoms with Crippen molar-refractivity contribution in [2.24, 2.45) is 5.10 Å². The molecule has 35 heavy (non-hydrogen) atoms. The molecule has 1 amide bonds. The summed E-state index contributed by atoms with van der Waals surface area (Å²) in [5.41, 5.74) is 6.43. The quantitative estimate of drug-likeness (QED) is 0.161. The van der Waals surface area contributed by atoms with Gasteiger partial charge in [-0.25, -0.2) is 5.43 Å². The molecule has 1 N–H and O–H groups in total. The molecule has 0 bridgehead atoms. The average molecular weight is 532 g/mol. The summed E-state index contributed by atoms with van der Waals surface area (Å²) in [7, 11) is 0. The minimum atomic E-state index is -0.459. The summed E-state index contributed by atoms with van der Waals surface area (Å²) in [6.45, 7) is 2.03. The Morgan fingerprint density at radius 2 is 1.83 bits per heavy atom. The Balaban J connectivity index is 1.48. The zero-order chi connectivity index (χ0) is 24.8. The lowest BCUT2D eigenvalue weighted by Crippen LogP contribution is -2.27. The molecule has 0 fully saturated rings. The fourth-order valence-corrected chi connectivity index (χ4v) is 4.29. The number of benzene rings is 3. The Labute approximate surface area is 210 Å². The number of nitrogens with zero attached hydrogens (tertiary/aromatic N) is 2. The number of aryl methyl sites for hydroxylation is 1. The number of nitrogens with one attached hydrogen (secondary N) is 1. The van der Waals surface area contributed by atoms with Gasteiger partial charge < -0.3 is 4.42 Å². The molecule has 7 nitrogen and oxygen atoms in total. The zero-order valence-corrected chi connectivity index (χ0v) is 20.4. The van der Waals surface area contributed by atoms with E-state index in [4.69, 9.17) is 4.42 Å². The first-order valence-corrected chi connectivity index (χ1v) is 11.7. The van der Waals surface area contributed by atoms with Gasteiger partial charge in [0.2, 0.25) is 5.91 Å². The number of amides is 1. The van der Waals surface area contributed by atoms with Gasteiger partial charge in [0.05, 0.1) is 17.1 Å². The number of carbonyl (C=O) groups is 1. The van der Waals surface area contributed by atoms with E-state index in [0.717, 1.165) is 16.7 Å². The molecule has 1 heterocycles. The summed E-state index contributed by atoms with van der Waals surface area (Å²) in [6, 6.07) is 25.5. The van der Waals surface area contributed by atoms with E-state index in [-0.39, 0.29) is 11.6 Å². The van der Waals surface area contributed by atoms with Crippen LogP contribution in [0.15, 0.2) is 98.9 Å². The lowest BCUT2D eigenvalue weighted by atomic mass is 9.90. The van der Waals surface area contributed by atoms with Crippen LogP contribution in [0.25, 0.3) is 11.3 Å². The van der Waals surface area contributed by atoms with Gasteiger partial charge in [-0.2, -0.15) is 5.10 Å². The lowest BCUT2D eigenvalue weighted by Gasteiger charge is -2.17. The molecular formula is C27H22BrN3O4. The molecule has 0 saturated carbocycles. The molecule has 1 atom stereocenters. The first kappa shape index (κ1) is 24.1. The number of non-ortho nitro benzene ring substituents is 1. The average Bonchev–Trinajstić information content (AvgIpc) is 3.32. The predicted molar refractivity (Wildman–Crippen MR) is 138 cm³/mol. The monoisotopic (exact) mass is 531 g/mol. The standard InChI is InChI=1S/C27H22BrN3O4/c1-18-7-5-6-10-20(18)15-24(19-8-3-2-4-9-19)27(32)30-29-17-22-12-14-26(35-22)23-13-11-21(31(33)34)16-25(23)28/h2-14,16-17,24H,15H2,1H3,(H,30,32)/b29-17+. The Bertz CT molecular complexity index is 1380. The van der Waals surface area contributed by atoms with Gasteiger partial charge in [-0.15, -0.1) is 0 Å². The molecule has 0 radical (unpaired) electrons. The van der Waals surface area contributed by atoms with Gasteiger partial charge in [-0.05, 0) is 64.2 Å². The third-order valence-electron chi connectivity index (χ3n) is 5.63. The molecule has 0 saturated heterocycles. The van der Waals surface area contributed by atoms with Crippen LogP contribution in [0.1, 0.15) is 28.4 Å². The topological polar surface area (TPSA) is 97.7 Å². The fourth-order valence-electron chi connectivity index (χ4n) is 3.73. The second-order valence-corrected chi connectivity index (χ2v) is 8.81. The summed E-state index contributed by atoms with van der Waals surface area (Å²) in [5, 5.41) is 15.0. The first-order valence-electron chi connectivity index (χ1n) is 10.9. The highest BCUT2D eigenvalue weighted by molar-refractivity contribution is 9.10. The minimum Gasteiger partial charge on any atom is -0.455 e. The highest BCUT2D eigenvalue weighted by atomic mass is 79.9. The maximum atomic E-state index is 13.1. The number of furan rings is 1. The number of halogens is 1. The van der Waals surface area contributed by atoms with Crippen LogP contribution >= 0.6 is 15.9 Å². The van der Waals surface area contributed by atoms with E-state index < -0.39 is 10.8 Å². The molecule has 176 valence electrons. The lowest BCUT2D eigenvalue weighted by molar-refractivity contribution is -0.384. The van der Waals surface area contributed by atoms with E-state index >= 15 is 0 Å². The highest BCUT2D eigenvalue weighted by Crippen LogP contribution is 2.32.